The van der Waals surface area contributed by atoms with E-state index in [4.69, 9.17) is 9.47 Å². The Morgan fingerprint density at radius 1 is 0.833 bits per heavy atom. The van der Waals surface area contributed by atoms with Gasteiger partial charge in [0, 0.05) is 31.5 Å². The molecule has 0 heterocycles. The van der Waals surface area contributed by atoms with Crippen molar-refractivity contribution < 1.29 is 29.9 Å². The highest BCUT2D eigenvalue weighted by Crippen LogP contribution is 2.73. The van der Waals surface area contributed by atoms with Crippen LogP contribution < -0.4 is 0 Å². The quantitative estimate of drug-likeness (QED) is 0.175. The first-order valence-electron chi connectivity index (χ1n) is 20.2. The molecule has 280 valence electrons. The number of methoxy groups -OCH3 is 2. The number of aliphatic hydroxyl groups is 4. The van der Waals surface area contributed by atoms with Gasteiger partial charge in [0.1, 0.15) is 0 Å². The maximum atomic E-state index is 12.7. The van der Waals surface area contributed by atoms with Gasteiger partial charge in [-0.3, -0.25) is 0 Å². The van der Waals surface area contributed by atoms with Crippen molar-refractivity contribution in [2.45, 2.75) is 164 Å². The summed E-state index contributed by atoms with van der Waals surface area (Å²) in [6, 6.07) is 0. The molecule has 48 heavy (non-hydrogen) atoms. The third-order valence-electron chi connectivity index (χ3n) is 16.6. The lowest BCUT2D eigenvalue weighted by Crippen LogP contribution is -2.70. The average molecular weight is 677 g/mol. The molecule has 0 aliphatic heterocycles. The molecule has 19 atom stereocenters. The van der Waals surface area contributed by atoms with Crippen LogP contribution in [0.1, 0.15) is 133 Å². The molecule has 0 bridgehead atoms. The zero-order valence-electron chi connectivity index (χ0n) is 32.7. The van der Waals surface area contributed by atoms with Crippen LogP contribution >= 0.6 is 0 Å². The second kappa shape index (κ2) is 14.6. The number of aliphatic hydroxyl groups excluding tert-OH is 4. The molecule has 5 saturated carbocycles. The van der Waals surface area contributed by atoms with Crippen LogP contribution in [0.15, 0.2) is 0 Å². The molecule has 5 rings (SSSR count). The van der Waals surface area contributed by atoms with E-state index in [9.17, 15) is 20.4 Å². The van der Waals surface area contributed by atoms with Crippen molar-refractivity contribution in [2.75, 3.05) is 14.2 Å². The van der Waals surface area contributed by atoms with Crippen molar-refractivity contribution in [1.82, 2.24) is 0 Å². The van der Waals surface area contributed by atoms with Gasteiger partial charge in [0.05, 0.1) is 24.4 Å². The first kappa shape index (κ1) is 39.0. The van der Waals surface area contributed by atoms with Gasteiger partial charge in [-0.2, -0.15) is 0 Å². The van der Waals surface area contributed by atoms with Crippen molar-refractivity contribution in [3.05, 3.63) is 0 Å². The fraction of sp³-hybridized carbons (Fsp3) is 1.00. The zero-order valence-corrected chi connectivity index (χ0v) is 32.7. The summed E-state index contributed by atoms with van der Waals surface area (Å²) in [6.07, 6.45) is 10.3. The standard InChI is InChI=1S/C42H76O6/c1-23(2)18-29(39(46)48-11)15-13-28-14-17-33(47-10)31(19-28)30-16-12-24(3)35-32(30)21-40(7)22-41(8)20-25(4)34(27(6)43)38(45)42(41,9)26(5)36(40)37(35)44/h23-39,43-46H,12-22H2,1-11H3. The molecule has 5 aliphatic carbocycles. The maximum Gasteiger partial charge on any atom is 0.156 e. The molecule has 5 fully saturated rings. The topological polar surface area (TPSA) is 99.4 Å². The number of hydrogen-bond donors (Lipinski definition) is 4. The third kappa shape index (κ3) is 6.61. The Balaban J connectivity index is 1.41. The molecule has 4 N–H and O–H groups in total. The number of ether oxygens (including phenoxy) is 2. The van der Waals surface area contributed by atoms with Crippen LogP contribution in [-0.4, -0.2) is 65.4 Å². The number of rotatable bonds is 10. The highest BCUT2D eigenvalue weighted by Gasteiger charge is 2.70. The highest BCUT2D eigenvalue weighted by atomic mass is 16.6. The Morgan fingerprint density at radius 3 is 2.12 bits per heavy atom. The van der Waals surface area contributed by atoms with E-state index in [0.29, 0.717) is 35.5 Å². The summed E-state index contributed by atoms with van der Waals surface area (Å²) in [5.41, 5.74) is -0.426. The summed E-state index contributed by atoms with van der Waals surface area (Å²) in [7, 11) is 3.54. The molecule has 0 amide bonds. The molecular formula is C42H76O6. The molecule has 5 aliphatic rings. The van der Waals surface area contributed by atoms with E-state index in [0.717, 1.165) is 51.4 Å². The molecule has 6 nitrogen and oxygen atoms in total. The van der Waals surface area contributed by atoms with Gasteiger partial charge in [-0.05, 0) is 141 Å². The molecule has 0 radical (unpaired) electrons. The molecule has 19 unspecified atom stereocenters. The minimum absolute atomic E-state index is 0.00231. The van der Waals surface area contributed by atoms with Gasteiger partial charge in [-0.1, -0.05) is 61.8 Å². The van der Waals surface area contributed by atoms with Crippen molar-refractivity contribution in [3.8, 4) is 0 Å². The summed E-state index contributed by atoms with van der Waals surface area (Å²) >= 11 is 0. The SMILES string of the molecule is COC(O)C(CCC1CCC(OC)C(C2CCC(C)C3C(O)C4C(C)C5(C)C(O)C(C(C)O)C(C)CC5(C)CC4(C)CC23)C1)CC(C)C. The highest BCUT2D eigenvalue weighted by molar-refractivity contribution is 5.19. The van der Waals surface area contributed by atoms with E-state index in [2.05, 4.69) is 55.4 Å². The van der Waals surface area contributed by atoms with Gasteiger partial charge in [-0.25, -0.2) is 0 Å². The van der Waals surface area contributed by atoms with Gasteiger partial charge < -0.3 is 29.9 Å². The van der Waals surface area contributed by atoms with Crippen LogP contribution in [0.3, 0.4) is 0 Å². The van der Waals surface area contributed by atoms with Gasteiger partial charge in [-0.15, -0.1) is 0 Å². The Kier molecular flexibility index (Phi) is 11.9. The van der Waals surface area contributed by atoms with E-state index in [1.54, 1.807) is 7.11 Å². The van der Waals surface area contributed by atoms with Crippen LogP contribution in [-0.2, 0) is 9.47 Å². The van der Waals surface area contributed by atoms with E-state index >= 15 is 0 Å². The Hall–Kier alpha value is -0.240. The molecule has 0 aromatic heterocycles. The molecular weight excluding hydrogens is 600 g/mol. The monoisotopic (exact) mass is 677 g/mol. The lowest BCUT2D eigenvalue weighted by atomic mass is 9.34. The largest absolute Gasteiger partial charge is 0.393 e. The van der Waals surface area contributed by atoms with Crippen molar-refractivity contribution in [1.29, 1.82) is 0 Å². The summed E-state index contributed by atoms with van der Waals surface area (Å²) < 4.78 is 11.7. The first-order chi connectivity index (χ1) is 22.4. The fourth-order valence-electron chi connectivity index (χ4n) is 14.5. The Labute approximate surface area is 294 Å². The lowest BCUT2D eigenvalue weighted by Gasteiger charge is -2.72. The van der Waals surface area contributed by atoms with Gasteiger partial charge in [0.25, 0.3) is 0 Å². The van der Waals surface area contributed by atoms with E-state index in [-0.39, 0.29) is 64.0 Å². The van der Waals surface area contributed by atoms with E-state index in [1.807, 2.05) is 14.0 Å². The summed E-state index contributed by atoms with van der Waals surface area (Å²) in [6.45, 7) is 20.5. The van der Waals surface area contributed by atoms with Gasteiger partial charge >= 0.3 is 0 Å². The van der Waals surface area contributed by atoms with Crippen molar-refractivity contribution >= 4 is 0 Å². The minimum atomic E-state index is -0.690. The van der Waals surface area contributed by atoms with Crippen LogP contribution in [0.25, 0.3) is 0 Å². The molecule has 0 saturated heterocycles. The molecule has 0 spiro atoms. The Morgan fingerprint density at radius 2 is 1.52 bits per heavy atom. The number of hydrogen-bond acceptors (Lipinski definition) is 6. The summed E-state index contributed by atoms with van der Waals surface area (Å²) in [4.78, 5) is 0. The fourth-order valence-corrected chi connectivity index (χ4v) is 14.5. The number of fused-ring (bicyclic) bond motifs is 3. The second-order valence-corrected chi connectivity index (χ2v) is 19.8. The summed E-state index contributed by atoms with van der Waals surface area (Å²) in [5.74, 6) is 4.03. The van der Waals surface area contributed by atoms with Crippen LogP contribution in [0, 0.1) is 87.3 Å². The van der Waals surface area contributed by atoms with Crippen molar-refractivity contribution in [3.63, 3.8) is 0 Å². The maximum absolute atomic E-state index is 12.7. The third-order valence-corrected chi connectivity index (χ3v) is 16.6. The van der Waals surface area contributed by atoms with Crippen LogP contribution in [0.4, 0.5) is 0 Å². The summed E-state index contributed by atoms with van der Waals surface area (Å²) in [5, 5.41) is 46.3. The van der Waals surface area contributed by atoms with E-state index in [1.165, 1.54) is 19.3 Å². The zero-order chi connectivity index (χ0) is 35.5. The second-order valence-electron chi connectivity index (χ2n) is 19.8. The normalized spacial score (nSPS) is 51.4. The van der Waals surface area contributed by atoms with Gasteiger partial charge in [0.15, 0.2) is 6.29 Å². The predicted molar refractivity (Wildman–Crippen MR) is 193 cm³/mol. The van der Waals surface area contributed by atoms with Crippen LogP contribution in [0.5, 0.6) is 0 Å². The first-order valence-corrected chi connectivity index (χ1v) is 20.2. The predicted octanol–water partition coefficient (Wildman–Crippen LogP) is 7.94. The lowest BCUT2D eigenvalue weighted by molar-refractivity contribution is -0.281. The minimum Gasteiger partial charge on any atom is -0.393 e. The Bertz CT molecular complexity index is 1060. The van der Waals surface area contributed by atoms with Crippen molar-refractivity contribution in [2.24, 2.45) is 87.3 Å². The van der Waals surface area contributed by atoms with Gasteiger partial charge in [0.2, 0.25) is 0 Å². The molecule has 6 heteroatoms. The smallest absolute Gasteiger partial charge is 0.156 e. The molecule has 0 aromatic rings. The average Bonchev–Trinajstić information content (AvgIpc) is 3.00. The molecule has 0 aromatic carbocycles. The van der Waals surface area contributed by atoms with E-state index < -0.39 is 18.5 Å². The van der Waals surface area contributed by atoms with Crippen LogP contribution in [0.2, 0.25) is 0 Å².